The van der Waals surface area contributed by atoms with Crippen molar-refractivity contribution in [3.05, 3.63) is 65.2 Å². The zero-order valence-corrected chi connectivity index (χ0v) is 14.3. The molecule has 0 fully saturated rings. The van der Waals surface area contributed by atoms with Gasteiger partial charge in [0.25, 0.3) is 0 Å². The highest BCUT2D eigenvalue weighted by atomic mass is 16.5. The lowest BCUT2D eigenvalue weighted by Gasteiger charge is -2.16. The van der Waals surface area contributed by atoms with Crippen LogP contribution in [-0.4, -0.2) is 28.8 Å². The van der Waals surface area contributed by atoms with Crippen LogP contribution in [0.5, 0.6) is 0 Å². The number of carbonyl (C=O) groups is 2. The molecule has 1 heterocycles. The number of esters is 2. The third-order valence-corrected chi connectivity index (χ3v) is 4.34. The first-order valence-corrected chi connectivity index (χ1v) is 8.22. The van der Waals surface area contributed by atoms with E-state index in [-0.39, 0.29) is 6.04 Å². The normalized spacial score (nSPS) is 15.1. The van der Waals surface area contributed by atoms with Gasteiger partial charge in [0, 0.05) is 12.6 Å². The zero-order valence-electron chi connectivity index (χ0n) is 14.3. The number of carbonyl (C=O) groups excluding carboxylic acids is 2. The molecule has 0 unspecified atom stereocenters. The lowest BCUT2D eigenvalue weighted by molar-refractivity contribution is -0.136. The van der Waals surface area contributed by atoms with Crippen molar-refractivity contribution in [3.63, 3.8) is 0 Å². The number of aromatic nitrogens is 2. The molecule has 1 aliphatic rings. The summed E-state index contributed by atoms with van der Waals surface area (Å²) in [6.45, 7) is 1.97. The second-order valence-electron chi connectivity index (χ2n) is 5.88. The Hall–Kier alpha value is -2.89. The third kappa shape index (κ3) is 3.47. The maximum absolute atomic E-state index is 12.6. The van der Waals surface area contributed by atoms with E-state index in [1.54, 1.807) is 16.9 Å². The van der Waals surface area contributed by atoms with Crippen LogP contribution >= 0.6 is 0 Å². The molecule has 2 aromatic rings. The lowest BCUT2D eigenvalue weighted by Crippen LogP contribution is -2.18. The molecule has 0 saturated carbocycles. The van der Waals surface area contributed by atoms with Gasteiger partial charge in [-0.15, -0.1) is 0 Å². The highest BCUT2D eigenvalue weighted by Crippen LogP contribution is 2.29. The second-order valence-corrected chi connectivity index (χ2v) is 5.88. The molecule has 130 valence electrons. The molecule has 6 nitrogen and oxygen atoms in total. The summed E-state index contributed by atoms with van der Waals surface area (Å²) in [5, 5.41) is 4.27. The molecule has 1 aliphatic carbocycles. The van der Waals surface area contributed by atoms with E-state index in [9.17, 15) is 9.59 Å². The molecule has 1 atom stereocenters. The Morgan fingerprint density at radius 2 is 1.88 bits per heavy atom. The summed E-state index contributed by atoms with van der Waals surface area (Å²) in [7, 11) is 1.32. The van der Waals surface area contributed by atoms with Gasteiger partial charge < -0.3 is 9.47 Å². The number of methoxy groups -OCH3 is 1. The Morgan fingerprint density at radius 3 is 2.60 bits per heavy atom. The van der Waals surface area contributed by atoms with E-state index < -0.39 is 11.9 Å². The molecule has 1 aromatic heterocycles. The average molecular weight is 340 g/mol. The first kappa shape index (κ1) is 17.0. The number of nitrogens with zero attached hydrogens (tertiary/aromatic N) is 2. The Kier molecular flexibility index (Phi) is 4.97. The molecule has 0 aliphatic heterocycles. The van der Waals surface area contributed by atoms with Crippen LogP contribution in [0, 0.1) is 0 Å². The van der Waals surface area contributed by atoms with Crippen molar-refractivity contribution in [1.29, 1.82) is 0 Å². The molecule has 0 radical (unpaired) electrons. The van der Waals surface area contributed by atoms with Crippen LogP contribution in [0.1, 0.15) is 48.3 Å². The fraction of sp³-hybridized carbons (Fsp3) is 0.316. The molecular weight excluding hydrogens is 320 g/mol. The van der Waals surface area contributed by atoms with Gasteiger partial charge in [-0.1, -0.05) is 30.3 Å². The van der Waals surface area contributed by atoms with E-state index in [2.05, 4.69) is 5.10 Å². The molecule has 6 heteroatoms. The molecular formula is C19H20N2O4. The van der Waals surface area contributed by atoms with Gasteiger partial charge in [-0.2, -0.15) is 5.10 Å². The summed E-state index contributed by atoms with van der Waals surface area (Å²) in [6, 6.07) is 11.3. The van der Waals surface area contributed by atoms with Crippen LogP contribution in [-0.2, 0) is 14.3 Å². The quantitative estimate of drug-likeness (QED) is 0.781. The van der Waals surface area contributed by atoms with Crippen LogP contribution in [0.4, 0.5) is 0 Å². The number of ether oxygens (including phenoxy) is 2. The highest BCUT2D eigenvalue weighted by molar-refractivity contribution is 5.92. The van der Waals surface area contributed by atoms with E-state index in [0.717, 1.165) is 12.0 Å². The summed E-state index contributed by atoms with van der Waals surface area (Å²) in [6.07, 6.45) is 3.46. The Bertz CT molecular complexity index is 808. The van der Waals surface area contributed by atoms with Crippen LogP contribution in [0.2, 0.25) is 0 Å². The number of benzene rings is 1. The minimum atomic E-state index is -0.515. The van der Waals surface area contributed by atoms with Crippen LogP contribution in [0.3, 0.4) is 0 Å². The van der Waals surface area contributed by atoms with Crippen molar-refractivity contribution in [2.24, 2.45) is 0 Å². The molecule has 0 N–H and O–H groups in total. The number of allylic oxidation sites excluding steroid dienone is 1. The fourth-order valence-electron chi connectivity index (χ4n) is 2.99. The number of hydrogen-bond donors (Lipinski definition) is 0. The standard InChI is InChI=1S/C19H20N2O4/c1-13(14-7-4-3-5-8-14)21-16(11-12-20-21)19(23)25-17-10-6-9-15(17)18(22)24-2/h3-5,7-8,11-13H,6,9-10H2,1-2H3/t13-/m1/s1. The molecule has 0 amide bonds. The minimum absolute atomic E-state index is 0.114. The minimum Gasteiger partial charge on any atom is -0.466 e. The Labute approximate surface area is 146 Å². The third-order valence-electron chi connectivity index (χ3n) is 4.34. The van der Waals surface area contributed by atoms with E-state index in [0.29, 0.717) is 29.9 Å². The van der Waals surface area contributed by atoms with E-state index in [1.807, 2.05) is 37.3 Å². The van der Waals surface area contributed by atoms with Gasteiger partial charge in [-0.25, -0.2) is 9.59 Å². The summed E-state index contributed by atoms with van der Waals surface area (Å²) in [5.41, 5.74) is 1.83. The Morgan fingerprint density at radius 1 is 1.12 bits per heavy atom. The van der Waals surface area contributed by atoms with Gasteiger partial charge >= 0.3 is 11.9 Å². The lowest BCUT2D eigenvalue weighted by atomic mass is 10.1. The van der Waals surface area contributed by atoms with Gasteiger partial charge in [0.1, 0.15) is 11.5 Å². The molecule has 3 rings (SSSR count). The summed E-state index contributed by atoms with van der Waals surface area (Å²) >= 11 is 0. The molecule has 0 bridgehead atoms. The highest BCUT2D eigenvalue weighted by Gasteiger charge is 2.27. The molecule has 0 spiro atoms. The van der Waals surface area contributed by atoms with Gasteiger partial charge in [0.05, 0.1) is 18.7 Å². The maximum Gasteiger partial charge on any atom is 0.361 e. The molecule has 0 saturated heterocycles. The van der Waals surface area contributed by atoms with Crippen molar-refractivity contribution in [2.75, 3.05) is 7.11 Å². The smallest absolute Gasteiger partial charge is 0.361 e. The van der Waals surface area contributed by atoms with Gasteiger partial charge in [0.15, 0.2) is 0 Å². The van der Waals surface area contributed by atoms with Gasteiger partial charge in [-0.05, 0) is 31.4 Å². The summed E-state index contributed by atoms with van der Waals surface area (Å²) in [5.74, 6) is -0.554. The average Bonchev–Trinajstić information content (AvgIpc) is 3.30. The zero-order chi connectivity index (χ0) is 17.8. The Balaban J connectivity index is 1.83. The van der Waals surface area contributed by atoms with Crippen LogP contribution in [0.15, 0.2) is 53.9 Å². The summed E-state index contributed by atoms with van der Waals surface area (Å²) < 4.78 is 11.9. The first-order chi connectivity index (χ1) is 12.1. The fourth-order valence-corrected chi connectivity index (χ4v) is 2.99. The molecule has 1 aromatic carbocycles. The van der Waals surface area contributed by atoms with E-state index in [1.165, 1.54) is 7.11 Å². The van der Waals surface area contributed by atoms with E-state index in [4.69, 9.17) is 9.47 Å². The van der Waals surface area contributed by atoms with Crippen molar-refractivity contribution in [1.82, 2.24) is 9.78 Å². The number of rotatable bonds is 5. The SMILES string of the molecule is COC(=O)C1=C(OC(=O)c2ccnn2[C@H](C)c2ccccc2)CCC1. The van der Waals surface area contributed by atoms with Crippen molar-refractivity contribution in [2.45, 2.75) is 32.2 Å². The monoisotopic (exact) mass is 340 g/mol. The second kappa shape index (κ2) is 7.34. The van der Waals surface area contributed by atoms with Crippen LogP contribution in [0.25, 0.3) is 0 Å². The summed E-state index contributed by atoms with van der Waals surface area (Å²) in [4.78, 5) is 24.4. The van der Waals surface area contributed by atoms with E-state index >= 15 is 0 Å². The number of hydrogen-bond acceptors (Lipinski definition) is 5. The van der Waals surface area contributed by atoms with Crippen molar-refractivity contribution in [3.8, 4) is 0 Å². The van der Waals surface area contributed by atoms with Gasteiger partial charge in [-0.3, -0.25) is 4.68 Å². The maximum atomic E-state index is 12.6. The predicted octanol–water partition coefficient (Wildman–Crippen LogP) is 3.26. The van der Waals surface area contributed by atoms with Gasteiger partial charge in [0.2, 0.25) is 0 Å². The van der Waals surface area contributed by atoms with Crippen LogP contribution < -0.4 is 0 Å². The predicted molar refractivity (Wildman–Crippen MR) is 90.8 cm³/mol. The largest absolute Gasteiger partial charge is 0.466 e. The van der Waals surface area contributed by atoms with Crippen molar-refractivity contribution >= 4 is 11.9 Å². The molecule has 25 heavy (non-hydrogen) atoms. The topological polar surface area (TPSA) is 70.4 Å². The first-order valence-electron chi connectivity index (χ1n) is 8.22. The van der Waals surface area contributed by atoms with Crippen molar-refractivity contribution < 1.29 is 19.1 Å².